The van der Waals surface area contributed by atoms with Crippen LogP contribution in [0.1, 0.15) is 18.4 Å². The second-order valence-corrected chi connectivity index (χ2v) is 7.01. The Morgan fingerprint density at radius 2 is 2.14 bits per heavy atom. The van der Waals surface area contributed by atoms with Crippen molar-refractivity contribution in [3.05, 3.63) is 29.8 Å². The molecule has 116 valence electrons. The van der Waals surface area contributed by atoms with Crippen molar-refractivity contribution < 1.29 is 17.9 Å². The van der Waals surface area contributed by atoms with Crippen LogP contribution in [0.4, 0.5) is 0 Å². The van der Waals surface area contributed by atoms with Crippen LogP contribution in [0.25, 0.3) is 0 Å². The first-order valence-corrected chi connectivity index (χ1v) is 8.53. The summed E-state index contributed by atoms with van der Waals surface area (Å²) in [5.41, 5.74) is 0.877. The third kappa shape index (κ3) is 5.73. The summed E-state index contributed by atoms with van der Waals surface area (Å²) in [5.74, 6) is 0.362. The maximum absolute atomic E-state index is 11.8. The van der Waals surface area contributed by atoms with Crippen LogP contribution in [0, 0.1) is 0 Å². The van der Waals surface area contributed by atoms with Gasteiger partial charge >= 0.3 is 0 Å². The van der Waals surface area contributed by atoms with E-state index in [1.807, 2.05) is 12.1 Å². The molecule has 0 aromatic heterocycles. The first kappa shape index (κ1) is 15.8. The van der Waals surface area contributed by atoms with Gasteiger partial charge in [0.05, 0.1) is 19.4 Å². The van der Waals surface area contributed by atoms with E-state index in [0.717, 1.165) is 18.4 Å². The van der Waals surface area contributed by atoms with Crippen LogP contribution in [0.5, 0.6) is 5.75 Å². The second kappa shape index (κ2) is 6.91. The van der Waals surface area contributed by atoms with Gasteiger partial charge in [-0.1, -0.05) is 12.1 Å². The van der Waals surface area contributed by atoms with E-state index in [2.05, 4.69) is 10.0 Å². The number of sulfonamides is 1. The van der Waals surface area contributed by atoms with Crippen molar-refractivity contribution in [2.75, 3.05) is 19.4 Å². The lowest BCUT2D eigenvalue weighted by molar-refractivity contribution is -0.120. The third-order valence-corrected chi connectivity index (χ3v) is 4.51. The minimum absolute atomic E-state index is 0.0587. The molecule has 1 aliphatic rings. The van der Waals surface area contributed by atoms with Gasteiger partial charge < -0.3 is 10.1 Å². The van der Waals surface area contributed by atoms with Crippen molar-refractivity contribution in [1.82, 2.24) is 10.0 Å². The van der Waals surface area contributed by atoms with Crippen molar-refractivity contribution in [2.24, 2.45) is 0 Å². The highest BCUT2D eigenvalue weighted by molar-refractivity contribution is 7.89. The first-order chi connectivity index (χ1) is 9.98. The molecule has 0 saturated heterocycles. The maximum atomic E-state index is 11.8. The average Bonchev–Trinajstić information content (AvgIpc) is 3.27. The minimum Gasteiger partial charge on any atom is -0.497 e. The van der Waals surface area contributed by atoms with Crippen molar-refractivity contribution >= 4 is 15.9 Å². The van der Waals surface area contributed by atoms with E-state index in [1.165, 1.54) is 0 Å². The summed E-state index contributed by atoms with van der Waals surface area (Å²) in [6.07, 6.45) is 2.33. The molecule has 2 N–H and O–H groups in total. The molecule has 1 aliphatic carbocycles. The predicted molar refractivity (Wildman–Crippen MR) is 79.7 cm³/mol. The van der Waals surface area contributed by atoms with Crippen LogP contribution in [0.3, 0.4) is 0 Å². The number of nitrogens with one attached hydrogen (secondary N) is 2. The van der Waals surface area contributed by atoms with Crippen LogP contribution in [-0.4, -0.2) is 39.8 Å². The lowest BCUT2D eigenvalue weighted by Crippen LogP contribution is -2.38. The quantitative estimate of drug-likeness (QED) is 0.729. The van der Waals surface area contributed by atoms with Crippen LogP contribution in [0.15, 0.2) is 24.3 Å². The number of rotatable bonds is 8. The summed E-state index contributed by atoms with van der Waals surface area (Å²) in [7, 11) is -1.90. The molecule has 1 aromatic carbocycles. The fraction of sp³-hybridized carbons (Fsp3) is 0.500. The van der Waals surface area contributed by atoms with E-state index in [0.29, 0.717) is 12.2 Å². The Morgan fingerprint density at radius 3 is 2.81 bits per heavy atom. The van der Waals surface area contributed by atoms with Gasteiger partial charge in [0.25, 0.3) is 0 Å². The topological polar surface area (TPSA) is 84.5 Å². The summed E-state index contributed by atoms with van der Waals surface area (Å²) in [4.78, 5) is 11.4. The molecule has 1 amide bonds. The van der Waals surface area contributed by atoms with Crippen LogP contribution >= 0.6 is 0 Å². The molecule has 0 unspecified atom stereocenters. The first-order valence-electron chi connectivity index (χ1n) is 6.88. The molecule has 1 fully saturated rings. The Balaban J connectivity index is 1.78. The molecule has 1 saturated carbocycles. The number of aryl methyl sites for hydroxylation is 1. The van der Waals surface area contributed by atoms with Gasteiger partial charge in [0.15, 0.2) is 0 Å². The zero-order valence-electron chi connectivity index (χ0n) is 12.0. The van der Waals surface area contributed by atoms with Gasteiger partial charge in [-0.15, -0.1) is 0 Å². The molecule has 6 nitrogen and oxygen atoms in total. The highest BCUT2D eigenvalue weighted by Crippen LogP contribution is 2.18. The lowest BCUT2D eigenvalue weighted by atomic mass is 10.2. The smallest absolute Gasteiger partial charge is 0.235 e. The Bertz CT molecular complexity index is 597. The molecule has 0 bridgehead atoms. The fourth-order valence-electron chi connectivity index (χ4n) is 1.83. The number of ether oxygens (including phenoxy) is 1. The van der Waals surface area contributed by atoms with Crippen LogP contribution < -0.4 is 14.8 Å². The van der Waals surface area contributed by atoms with E-state index < -0.39 is 10.0 Å². The van der Waals surface area contributed by atoms with E-state index in [1.54, 1.807) is 19.2 Å². The monoisotopic (exact) mass is 312 g/mol. The van der Waals surface area contributed by atoms with Crippen molar-refractivity contribution in [1.29, 1.82) is 0 Å². The zero-order chi connectivity index (χ0) is 15.3. The van der Waals surface area contributed by atoms with Crippen molar-refractivity contribution in [3.8, 4) is 5.75 Å². The molecule has 7 heteroatoms. The number of carbonyl (C=O) groups excluding carboxylic acids is 1. The molecule has 2 rings (SSSR count). The highest BCUT2D eigenvalue weighted by atomic mass is 32.2. The minimum atomic E-state index is -3.46. The summed E-state index contributed by atoms with van der Waals surface area (Å²) in [6.45, 7) is -0.197. The largest absolute Gasteiger partial charge is 0.497 e. The Kier molecular flexibility index (Phi) is 5.19. The van der Waals surface area contributed by atoms with E-state index >= 15 is 0 Å². The Hall–Kier alpha value is -1.60. The van der Waals surface area contributed by atoms with Gasteiger partial charge in [-0.3, -0.25) is 4.79 Å². The number of methoxy groups -OCH3 is 1. The molecule has 1 aromatic rings. The fourth-order valence-corrected chi connectivity index (χ4v) is 2.83. The Labute approximate surface area is 124 Å². The summed E-state index contributed by atoms with van der Waals surface area (Å²) >= 11 is 0. The summed E-state index contributed by atoms with van der Waals surface area (Å²) < 4.78 is 31.1. The molecule has 0 aliphatic heterocycles. The highest BCUT2D eigenvalue weighted by Gasteiger charge is 2.23. The van der Waals surface area contributed by atoms with Crippen molar-refractivity contribution in [2.45, 2.75) is 25.3 Å². The predicted octanol–water partition coefficient (Wildman–Crippen LogP) is 0.436. The van der Waals surface area contributed by atoms with Gasteiger partial charge in [0.2, 0.25) is 15.9 Å². The number of hydrogen-bond donors (Lipinski definition) is 2. The van der Waals surface area contributed by atoms with E-state index in [9.17, 15) is 13.2 Å². The molecule has 0 spiro atoms. The second-order valence-electron chi connectivity index (χ2n) is 5.08. The zero-order valence-corrected chi connectivity index (χ0v) is 12.8. The van der Waals surface area contributed by atoms with Crippen LogP contribution in [0.2, 0.25) is 0 Å². The number of carbonyl (C=O) groups is 1. The molecular formula is C14H20N2O4S. The molecule has 0 atom stereocenters. The van der Waals surface area contributed by atoms with Gasteiger partial charge in [0, 0.05) is 6.04 Å². The molecular weight excluding hydrogens is 292 g/mol. The van der Waals surface area contributed by atoms with Gasteiger partial charge in [-0.25, -0.2) is 13.1 Å². The molecule has 0 radical (unpaired) electrons. The number of amides is 1. The van der Waals surface area contributed by atoms with Crippen LogP contribution in [-0.2, 0) is 21.2 Å². The van der Waals surface area contributed by atoms with E-state index in [4.69, 9.17) is 4.74 Å². The van der Waals surface area contributed by atoms with Crippen molar-refractivity contribution in [3.63, 3.8) is 0 Å². The van der Waals surface area contributed by atoms with Gasteiger partial charge in [-0.2, -0.15) is 0 Å². The van der Waals surface area contributed by atoms with E-state index in [-0.39, 0.29) is 24.2 Å². The standard InChI is InChI=1S/C14H20N2O4S/c1-20-13-4-2-3-11(9-13)7-8-21(18,19)15-10-14(17)16-12-5-6-12/h2-4,9,12,15H,5-8,10H2,1H3,(H,16,17). The van der Waals surface area contributed by atoms with Gasteiger partial charge in [-0.05, 0) is 37.0 Å². The number of hydrogen-bond acceptors (Lipinski definition) is 4. The average molecular weight is 312 g/mol. The Morgan fingerprint density at radius 1 is 1.38 bits per heavy atom. The summed E-state index contributed by atoms with van der Waals surface area (Å²) in [6, 6.07) is 7.50. The normalized spacial score (nSPS) is 14.7. The lowest BCUT2D eigenvalue weighted by Gasteiger charge is -2.08. The SMILES string of the molecule is COc1cccc(CCS(=O)(=O)NCC(=O)NC2CC2)c1. The maximum Gasteiger partial charge on any atom is 0.235 e. The third-order valence-electron chi connectivity index (χ3n) is 3.19. The molecule has 0 heterocycles. The molecule has 21 heavy (non-hydrogen) atoms. The summed E-state index contributed by atoms with van der Waals surface area (Å²) in [5, 5.41) is 2.73. The number of benzene rings is 1. The van der Waals surface area contributed by atoms with Gasteiger partial charge in [0.1, 0.15) is 5.75 Å².